The van der Waals surface area contributed by atoms with Crippen molar-refractivity contribution in [3.8, 4) is 0 Å². The van der Waals surface area contributed by atoms with E-state index < -0.39 is 11.5 Å². The Labute approximate surface area is 142 Å². The van der Waals surface area contributed by atoms with Gasteiger partial charge in [-0.2, -0.15) is 0 Å². The number of aliphatic hydroxyl groups excluding tert-OH is 1. The maximum Gasteiger partial charge on any atom is 0.234 e. The lowest BCUT2D eigenvalue weighted by molar-refractivity contribution is -0.119. The third-order valence-electron chi connectivity index (χ3n) is 4.74. The molecule has 2 atom stereocenters. The largest absolute Gasteiger partial charge is 0.387 e. The number of benzene rings is 1. The average molecular weight is 325 g/mol. The van der Waals surface area contributed by atoms with E-state index in [9.17, 15) is 9.90 Å². The first kappa shape index (κ1) is 16.6. The molecule has 1 aliphatic heterocycles. The lowest BCUT2D eigenvalue weighted by Gasteiger charge is -2.20. The van der Waals surface area contributed by atoms with Crippen LogP contribution in [-0.2, 0) is 10.2 Å². The molecule has 2 unspecified atom stereocenters. The van der Waals surface area contributed by atoms with Gasteiger partial charge >= 0.3 is 0 Å². The van der Waals surface area contributed by atoms with E-state index in [1.54, 1.807) is 12.4 Å². The van der Waals surface area contributed by atoms with Crippen LogP contribution in [0.5, 0.6) is 0 Å². The number of hydrogen-bond donors (Lipinski definition) is 3. The van der Waals surface area contributed by atoms with Gasteiger partial charge in [-0.25, -0.2) is 0 Å². The van der Waals surface area contributed by atoms with Crippen molar-refractivity contribution in [2.24, 2.45) is 0 Å². The highest BCUT2D eigenvalue weighted by molar-refractivity contribution is 6.05. The molecule has 1 aliphatic rings. The molecule has 0 aliphatic carbocycles. The van der Waals surface area contributed by atoms with Crippen LogP contribution in [0, 0.1) is 0 Å². The van der Waals surface area contributed by atoms with E-state index in [0.717, 1.165) is 22.4 Å². The van der Waals surface area contributed by atoms with Crippen LogP contribution in [-0.4, -0.2) is 22.5 Å². The van der Waals surface area contributed by atoms with Crippen molar-refractivity contribution in [1.29, 1.82) is 0 Å². The average Bonchev–Trinajstić information content (AvgIpc) is 2.82. The summed E-state index contributed by atoms with van der Waals surface area (Å²) in [5.74, 6) is 0.0309. The zero-order valence-electron chi connectivity index (χ0n) is 14.2. The number of rotatable bonds is 5. The van der Waals surface area contributed by atoms with E-state index in [-0.39, 0.29) is 11.9 Å². The minimum atomic E-state index is -0.579. The van der Waals surface area contributed by atoms with E-state index in [4.69, 9.17) is 0 Å². The van der Waals surface area contributed by atoms with Gasteiger partial charge in [0, 0.05) is 30.7 Å². The fraction of sp³-hybridized carbons (Fsp3) is 0.368. The molecule has 0 bridgehead atoms. The molecule has 0 spiro atoms. The fourth-order valence-electron chi connectivity index (χ4n) is 2.97. The zero-order valence-corrected chi connectivity index (χ0v) is 14.2. The van der Waals surface area contributed by atoms with Crippen molar-refractivity contribution >= 4 is 11.6 Å². The highest BCUT2D eigenvalue weighted by atomic mass is 16.3. The minimum absolute atomic E-state index is 0.0309. The lowest BCUT2D eigenvalue weighted by Crippen LogP contribution is -2.27. The first-order chi connectivity index (χ1) is 11.4. The molecule has 0 radical (unpaired) electrons. The molecule has 2 aromatic rings. The molecule has 1 amide bonds. The predicted octanol–water partition coefficient (Wildman–Crippen LogP) is 2.70. The number of pyridine rings is 1. The molecule has 24 heavy (non-hydrogen) atoms. The van der Waals surface area contributed by atoms with Crippen LogP contribution < -0.4 is 10.6 Å². The van der Waals surface area contributed by atoms with E-state index in [2.05, 4.69) is 28.6 Å². The zero-order chi connectivity index (χ0) is 17.3. The molecule has 1 aromatic heterocycles. The van der Waals surface area contributed by atoms with Gasteiger partial charge in [0.15, 0.2) is 0 Å². The summed E-state index contributed by atoms with van der Waals surface area (Å²) < 4.78 is 0. The Bertz CT molecular complexity index is 744. The Morgan fingerprint density at radius 1 is 1.21 bits per heavy atom. The maximum atomic E-state index is 12.0. The molecule has 0 saturated heterocycles. The third-order valence-corrected chi connectivity index (χ3v) is 4.74. The Morgan fingerprint density at radius 3 is 2.62 bits per heavy atom. The molecule has 0 saturated carbocycles. The number of carbonyl (C=O) groups excluding carboxylic acids is 1. The molecular formula is C19H23N3O2. The lowest BCUT2D eigenvalue weighted by atomic mass is 9.85. The van der Waals surface area contributed by atoms with Gasteiger partial charge in [0.2, 0.25) is 5.91 Å². The summed E-state index contributed by atoms with van der Waals surface area (Å²) in [6, 6.07) is 9.73. The highest BCUT2D eigenvalue weighted by Gasteiger charge is 2.38. The van der Waals surface area contributed by atoms with Crippen LogP contribution in [0.4, 0.5) is 5.69 Å². The van der Waals surface area contributed by atoms with Gasteiger partial charge in [-0.3, -0.25) is 9.78 Å². The van der Waals surface area contributed by atoms with Gasteiger partial charge in [0.05, 0.1) is 11.5 Å². The van der Waals surface area contributed by atoms with Crippen LogP contribution in [0.25, 0.3) is 0 Å². The molecule has 1 aromatic carbocycles. The molecule has 3 N–H and O–H groups in total. The smallest absolute Gasteiger partial charge is 0.234 e. The monoisotopic (exact) mass is 325 g/mol. The number of anilines is 1. The number of hydrogen-bond acceptors (Lipinski definition) is 4. The van der Waals surface area contributed by atoms with Crippen LogP contribution in [0.2, 0.25) is 0 Å². The molecule has 126 valence electrons. The molecule has 3 rings (SSSR count). The molecule has 5 heteroatoms. The number of nitrogens with zero attached hydrogens (tertiary/aromatic N) is 1. The van der Waals surface area contributed by atoms with Crippen molar-refractivity contribution in [3.63, 3.8) is 0 Å². The van der Waals surface area contributed by atoms with Gasteiger partial charge in [0.1, 0.15) is 0 Å². The Balaban J connectivity index is 1.69. The predicted molar refractivity (Wildman–Crippen MR) is 93.7 cm³/mol. The number of aliphatic hydroxyl groups is 1. The number of aromatic nitrogens is 1. The molecule has 2 heterocycles. The van der Waals surface area contributed by atoms with E-state index >= 15 is 0 Å². The Kier molecular flexibility index (Phi) is 4.39. The number of fused-ring (bicyclic) bond motifs is 1. The third kappa shape index (κ3) is 3.05. The highest BCUT2D eigenvalue weighted by Crippen LogP contribution is 2.38. The van der Waals surface area contributed by atoms with Crippen molar-refractivity contribution < 1.29 is 9.90 Å². The van der Waals surface area contributed by atoms with Crippen molar-refractivity contribution in [3.05, 3.63) is 59.4 Å². The summed E-state index contributed by atoms with van der Waals surface area (Å²) >= 11 is 0. The summed E-state index contributed by atoms with van der Waals surface area (Å²) in [6.07, 6.45) is 2.77. The second-order valence-corrected chi connectivity index (χ2v) is 6.81. The van der Waals surface area contributed by atoms with Gasteiger partial charge in [-0.05, 0) is 55.7 Å². The van der Waals surface area contributed by atoms with Crippen LogP contribution in [0.1, 0.15) is 49.6 Å². The first-order valence-electron chi connectivity index (χ1n) is 8.17. The maximum absolute atomic E-state index is 12.0. The quantitative estimate of drug-likeness (QED) is 0.790. The molecule has 5 nitrogen and oxygen atoms in total. The van der Waals surface area contributed by atoms with Gasteiger partial charge in [-0.15, -0.1) is 0 Å². The van der Waals surface area contributed by atoms with Gasteiger partial charge < -0.3 is 15.7 Å². The van der Waals surface area contributed by atoms with Crippen LogP contribution in [0.3, 0.4) is 0 Å². The van der Waals surface area contributed by atoms with Gasteiger partial charge in [0.25, 0.3) is 0 Å². The van der Waals surface area contributed by atoms with Gasteiger partial charge in [-0.1, -0.05) is 12.1 Å². The summed E-state index contributed by atoms with van der Waals surface area (Å²) in [7, 11) is 0. The summed E-state index contributed by atoms with van der Waals surface area (Å²) in [6.45, 7) is 6.37. The van der Waals surface area contributed by atoms with E-state index in [0.29, 0.717) is 6.54 Å². The summed E-state index contributed by atoms with van der Waals surface area (Å²) in [5.41, 5.74) is 3.34. The van der Waals surface area contributed by atoms with Crippen LogP contribution >= 0.6 is 0 Å². The van der Waals surface area contributed by atoms with Crippen molar-refractivity contribution in [1.82, 2.24) is 10.3 Å². The van der Waals surface area contributed by atoms with Crippen molar-refractivity contribution in [2.75, 3.05) is 11.9 Å². The molecule has 0 fully saturated rings. The van der Waals surface area contributed by atoms with E-state index in [1.165, 1.54) is 0 Å². The number of amides is 1. The summed E-state index contributed by atoms with van der Waals surface area (Å²) in [4.78, 5) is 16.0. The normalized spacial score (nSPS) is 17.9. The summed E-state index contributed by atoms with van der Waals surface area (Å²) in [5, 5.41) is 16.5. The first-order valence-corrected chi connectivity index (χ1v) is 8.17. The number of nitrogens with one attached hydrogen (secondary N) is 2. The second-order valence-electron chi connectivity index (χ2n) is 6.81. The van der Waals surface area contributed by atoms with E-state index in [1.807, 2.05) is 38.1 Å². The topological polar surface area (TPSA) is 74.2 Å². The Hall–Kier alpha value is -2.24. The minimum Gasteiger partial charge on any atom is -0.387 e. The Morgan fingerprint density at radius 2 is 1.92 bits per heavy atom. The standard InChI is InChI=1S/C19H23N3O2/c1-12(21-11-17(23)13-6-8-20-9-7-13)14-4-5-16-15(10-14)19(2,3)18(24)22-16/h4-10,12,17,21,23H,11H2,1-3H3,(H,22,24). The number of carbonyl (C=O) groups is 1. The SMILES string of the molecule is CC(NCC(O)c1ccncc1)c1ccc2c(c1)C(C)(C)C(=O)N2. The second kappa shape index (κ2) is 6.34. The van der Waals surface area contributed by atoms with Crippen LogP contribution in [0.15, 0.2) is 42.7 Å². The fourth-order valence-corrected chi connectivity index (χ4v) is 2.97. The van der Waals surface area contributed by atoms with Crippen molar-refractivity contribution in [2.45, 2.75) is 38.3 Å². The molecular weight excluding hydrogens is 302 g/mol.